The molecule has 2 aliphatic heterocycles. The molecule has 0 N–H and O–H groups in total. The van der Waals surface area contributed by atoms with Crippen LogP contribution in [0, 0.1) is 0 Å². The highest BCUT2D eigenvalue weighted by Gasteiger charge is 2.50. The highest BCUT2D eigenvalue weighted by atomic mass is 19.3. The second-order valence-electron chi connectivity index (χ2n) is 12.0. The Kier molecular flexibility index (Phi) is 9.33. The second-order valence-corrected chi connectivity index (χ2v) is 12.0. The van der Waals surface area contributed by atoms with E-state index in [0.717, 1.165) is 16.0 Å². The van der Waals surface area contributed by atoms with Gasteiger partial charge in [-0.3, -0.25) is 9.69 Å². The van der Waals surface area contributed by atoms with Gasteiger partial charge >= 0.3 is 6.09 Å². The lowest BCUT2D eigenvalue weighted by Gasteiger charge is -2.45. The standard InChI is InChI=1S/C33H38F2N4O5/c1-32(2,3)44-31(41)38-17-16-27(33(34,35)23-38)37-18-19-39(29(40)20-37)26-14-15-28(42-21-24-10-6-4-7-11-24)36-30(26)43-22-25-12-8-5-9-13-25/h4-15,27H,16-23H2,1-3H3. The smallest absolute Gasteiger partial charge is 0.410 e. The van der Waals surface area contributed by atoms with Crippen LogP contribution in [-0.4, -0.2) is 77.1 Å². The van der Waals surface area contributed by atoms with Gasteiger partial charge in [0.05, 0.1) is 19.1 Å². The number of halogens is 2. The van der Waals surface area contributed by atoms with Crippen LogP contribution in [0.15, 0.2) is 72.8 Å². The number of carbonyl (C=O) groups excluding carboxylic acids is 2. The fourth-order valence-corrected chi connectivity index (χ4v) is 5.34. The van der Waals surface area contributed by atoms with Crippen molar-refractivity contribution in [2.75, 3.05) is 37.6 Å². The molecule has 1 aromatic heterocycles. The Balaban J connectivity index is 1.28. The summed E-state index contributed by atoms with van der Waals surface area (Å²) in [4.78, 5) is 34.5. The van der Waals surface area contributed by atoms with Gasteiger partial charge in [-0.25, -0.2) is 13.6 Å². The molecule has 1 unspecified atom stereocenters. The molecule has 9 nitrogen and oxygen atoms in total. The average molecular weight is 609 g/mol. The molecule has 0 spiro atoms. The highest BCUT2D eigenvalue weighted by Crippen LogP contribution is 2.35. The predicted molar refractivity (Wildman–Crippen MR) is 161 cm³/mol. The van der Waals surface area contributed by atoms with E-state index in [9.17, 15) is 9.59 Å². The third-order valence-corrected chi connectivity index (χ3v) is 7.46. The molecular formula is C33H38F2N4O5. The summed E-state index contributed by atoms with van der Waals surface area (Å²) in [6, 6.07) is 21.5. The first-order chi connectivity index (χ1) is 21.0. The summed E-state index contributed by atoms with van der Waals surface area (Å²) in [5.74, 6) is -2.99. The number of hydrogen-bond donors (Lipinski definition) is 0. The third-order valence-electron chi connectivity index (χ3n) is 7.46. The molecule has 2 saturated heterocycles. The summed E-state index contributed by atoms with van der Waals surface area (Å²) in [6.07, 6.45) is -0.733. The Labute approximate surface area is 256 Å². The van der Waals surface area contributed by atoms with Crippen LogP contribution in [-0.2, 0) is 22.7 Å². The van der Waals surface area contributed by atoms with Crippen molar-refractivity contribution in [3.05, 3.63) is 83.9 Å². The number of benzene rings is 2. The fourth-order valence-electron chi connectivity index (χ4n) is 5.34. The lowest BCUT2D eigenvalue weighted by atomic mass is 9.98. The number of likely N-dealkylation sites (tertiary alicyclic amines) is 1. The van der Waals surface area contributed by atoms with Crippen molar-refractivity contribution in [3.63, 3.8) is 0 Å². The number of hydrogen-bond acceptors (Lipinski definition) is 7. The number of ether oxygens (including phenoxy) is 3. The van der Waals surface area contributed by atoms with Crippen molar-refractivity contribution in [1.82, 2.24) is 14.8 Å². The third kappa shape index (κ3) is 7.82. The molecule has 11 heteroatoms. The van der Waals surface area contributed by atoms with Crippen molar-refractivity contribution < 1.29 is 32.6 Å². The van der Waals surface area contributed by atoms with Gasteiger partial charge in [0.1, 0.15) is 24.5 Å². The average Bonchev–Trinajstić information content (AvgIpc) is 2.99. The van der Waals surface area contributed by atoms with Crippen LogP contribution in [0.25, 0.3) is 0 Å². The van der Waals surface area contributed by atoms with Crippen LogP contribution in [0.5, 0.6) is 11.8 Å². The largest absolute Gasteiger partial charge is 0.473 e. The zero-order valence-electron chi connectivity index (χ0n) is 25.2. The van der Waals surface area contributed by atoms with E-state index in [1.54, 1.807) is 32.9 Å². The van der Waals surface area contributed by atoms with Crippen molar-refractivity contribution in [2.45, 2.75) is 58.0 Å². The number of alkyl halides is 2. The quantitative estimate of drug-likeness (QED) is 0.332. The predicted octanol–water partition coefficient (Wildman–Crippen LogP) is 5.53. The van der Waals surface area contributed by atoms with Crippen LogP contribution in [0.4, 0.5) is 19.3 Å². The highest BCUT2D eigenvalue weighted by molar-refractivity contribution is 5.96. The first kappa shape index (κ1) is 31.2. The summed E-state index contributed by atoms with van der Waals surface area (Å²) < 4.78 is 48.0. The maximum Gasteiger partial charge on any atom is 0.410 e. The van der Waals surface area contributed by atoms with E-state index in [1.165, 1.54) is 9.80 Å². The van der Waals surface area contributed by atoms with Crippen molar-refractivity contribution in [3.8, 4) is 11.8 Å². The molecule has 0 saturated carbocycles. The normalized spacial score (nSPS) is 19.0. The minimum atomic E-state index is -3.21. The van der Waals surface area contributed by atoms with Gasteiger partial charge in [-0.2, -0.15) is 4.98 Å². The van der Waals surface area contributed by atoms with E-state index in [0.29, 0.717) is 18.2 Å². The van der Waals surface area contributed by atoms with Crippen LogP contribution in [0.1, 0.15) is 38.3 Å². The maximum absolute atomic E-state index is 15.3. The van der Waals surface area contributed by atoms with E-state index in [2.05, 4.69) is 4.98 Å². The van der Waals surface area contributed by atoms with E-state index >= 15 is 8.78 Å². The van der Waals surface area contributed by atoms with Crippen LogP contribution in [0.3, 0.4) is 0 Å². The molecule has 0 bridgehead atoms. The second kappa shape index (κ2) is 13.2. The Morgan fingerprint density at radius 2 is 1.55 bits per heavy atom. The summed E-state index contributed by atoms with van der Waals surface area (Å²) >= 11 is 0. The molecule has 1 atom stereocenters. The van der Waals surface area contributed by atoms with E-state index in [-0.39, 0.29) is 51.0 Å². The fraction of sp³-hybridized carbons (Fsp3) is 0.424. The van der Waals surface area contributed by atoms with Gasteiger partial charge in [-0.15, -0.1) is 0 Å². The summed E-state index contributed by atoms with van der Waals surface area (Å²) in [6.45, 7) is 5.18. The van der Waals surface area contributed by atoms with Gasteiger partial charge in [0, 0.05) is 25.7 Å². The summed E-state index contributed by atoms with van der Waals surface area (Å²) in [5, 5.41) is 0. The van der Waals surface area contributed by atoms with Crippen molar-refractivity contribution >= 4 is 17.7 Å². The van der Waals surface area contributed by atoms with E-state index < -0.39 is 30.2 Å². The number of piperidine rings is 1. The number of amides is 2. The Morgan fingerprint density at radius 3 is 2.14 bits per heavy atom. The first-order valence-electron chi connectivity index (χ1n) is 14.7. The molecule has 234 valence electrons. The maximum atomic E-state index is 15.3. The lowest BCUT2D eigenvalue weighted by Crippen LogP contribution is -2.63. The van der Waals surface area contributed by atoms with Gasteiger partial charge < -0.3 is 24.0 Å². The Hall–Kier alpha value is -4.25. The topological polar surface area (TPSA) is 84.4 Å². The zero-order chi connectivity index (χ0) is 31.3. The van der Waals surface area contributed by atoms with Crippen molar-refractivity contribution in [2.24, 2.45) is 0 Å². The number of carbonyl (C=O) groups is 2. The zero-order valence-corrected chi connectivity index (χ0v) is 25.2. The lowest BCUT2D eigenvalue weighted by molar-refractivity contribution is -0.139. The van der Waals surface area contributed by atoms with Gasteiger partial charge in [-0.1, -0.05) is 60.7 Å². The molecular weight excluding hydrogens is 570 g/mol. The van der Waals surface area contributed by atoms with Crippen LogP contribution in [0.2, 0.25) is 0 Å². The molecule has 2 aliphatic rings. The first-order valence-corrected chi connectivity index (χ1v) is 14.7. The van der Waals surface area contributed by atoms with E-state index in [1.807, 2.05) is 60.7 Å². The van der Waals surface area contributed by atoms with Gasteiger partial charge in [0.25, 0.3) is 5.92 Å². The number of pyridine rings is 1. The molecule has 2 fully saturated rings. The van der Waals surface area contributed by atoms with Gasteiger partial charge in [0.2, 0.25) is 17.7 Å². The van der Waals surface area contributed by atoms with Gasteiger partial charge in [-0.05, 0) is 44.4 Å². The molecule has 5 rings (SSSR count). The Morgan fingerprint density at radius 1 is 0.909 bits per heavy atom. The van der Waals surface area contributed by atoms with Crippen molar-refractivity contribution in [1.29, 1.82) is 0 Å². The number of rotatable bonds is 8. The SMILES string of the molecule is CC(C)(C)OC(=O)N1CCC(N2CCN(c3ccc(OCc4ccccc4)nc3OCc3ccccc3)C(=O)C2)C(F)(F)C1. The minimum Gasteiger partial charge on any atom is -0.473 e. The number of piperazine rings is 1. The monoisotopic (exact) mass is 608 g/mol. The number of nitrogens with zero attached hydrogens (tertiary/aromatic N) is 4. The summed E-state index contributed by atoms with van der Waals surface area (Å²) in [7, 11) is 0. The molecule has 2 aromatic carbocycles. The molecule has 0 aliphatic carbocycles. The molecule has 2 amide bonds. The van der Waals surface area contributed by atoms with Crippen LogP contribution >= 0.6 is 0 Å². The molecule has 44 heavy (non-hydrogen) atoms. The molecule has 3 aromatic rings. The molecule has 0 radical (unpaired) electrons. The van der Waals surface area contributed by atoms with Crippen LogP contribution < -0.4 is 14.4 Å². The molecule has 3 heterocycles. The number of anilines is 1. The van der Waals surface area contributed by atoms with E-state index in [4.69, 9.17) is 14.2 Å². The Bertz CT molecular complexity index is 1440. The number of aromatic nitrogens is 1. The van der Waals surface area contributed by atoms with Gasteiger partial charge in [0.15, 0.2) is 0 Å². The summed E-state index contributed by atoms with van der Waals surface area (Å²) in [5.41, 5.74) is 1.57. The minimum absolute atomic E-state index is 0.0277.